The second-order valence-electron chi connectivity index (χ2n) is 6.16. The highest BCUT2D eigenvalue weighted by molar-refractivity contribution is 5.94. The topological polar surface area (TPSA) is 166 Å². The molecule has 0 bridgehead atoms. The van der Waals surface area contributed by atoms with Crippen LogP contribution in [0.4, 0.5) is 22.7 Å². The quantitative estimate of drug-likeness (QED) is 0.319. The van der Waals surface area contributed by atoms with Crippen molar-refractivity contribution in [3.8, 4) is 0 Å². The lowest BCUT2D eigenvalue weighted by atomic mass is 10.2. The van der Waals surface area contributed by atoms with Crippen LogP contribution in [-0.2, 0) is 4.84 Å². The normalized spacial score (nSPS) is 10.5. The molecule has 0 heterocycles. The van der Waals surface area contributed by atoms with E-state index in [1.54, 1.807) is 0 Å². The van der Waals surface area contributed by atoms with E-state index in [0.717, 1.165) is 6.07 Å². The van der Waals surface area contributed by atoms with E-state index in [2.05, 4.69) is 15.7 Å². The van der Waals surface area contributed by atoms with Crippen molar-refractivity contribution < 1.29 is 24.3 Å². The van der Waals surface area contributed by atoms with Gasteiger partial charge in [-0.2, -0.15) is 0 Å². The van der Waals surface area contributed by atoms with Crippen LogP contribution in [0.2, 0.25) is 0 Å². The molecule has 0 aromatic heterocycles. The van der Waals surface area contributed by atoms with Gasteiger partial charge in [0.1, 0.15) is 0 Å². The molecule has 0 spiro atoms. The Balaban J connectivity index is 1.57. The molecule has 0 atom stereocenters. The first-order valence-corrected chi connectivity index (χ1v) is 8.86. The standard InChI is InChI=1S/C20H13N5O7/c26-19(13-4-10-17(11-5-13)24(28)29)22-21-15-6-8-16(9-7-15)23-32-20(27)14-2-1-3-18(12-14)25(30)31/h1-12,23H. The van der Waals surface area contributed by atoms with Crippen LogP contribution < -0.4 is 5.48 Å². The lowest BCUT2D eigenvalue weighted by Crippen LogP contribution is -2.10. The first kappa shape index (κ1) is 21.7. The van der Waals surface area contributed by atoms with Crippen molar-refractivity contribution in [2.24, 2.45) is 10.2 Å². The van der Waals surface area contributed by atoms with Crippen LogP contribution in [0.25, 0.3) is 0 Å². The van der Waals surface area contributed by atoms with E-state index in [0.29, 0.717) is 11.4 Å². The van der Waals surface area contributed by atoms with Gasteiger partial charge in [0.15, 0.2) is 0 Å². The smallest absolute Gasteiger partial charge is 0.338 e. The molecule has 3 aromatic rings. The zero-order valence-corrected chi connectivity index (χ0v) is 16.1. The highest BCUT2D eigenvalue weighted by atomic mass is 16.7. The van der Waals surface area contributed by atoms with Gasteiger partial charge < -0.3 is 4.84 Å². The second kappa shape index (κ2) is 9.67. The monoisotopic (exact) mass is 435 g/mol. The van der Waals surface area contributed by atoms with Crippen molar-refractivity contribution in [3.63, 3.8) is 0 Å². The van der Waals surface area contributed by atoms with Gasteiger partial charge in [-0.1, -0.05) is 6.07 Å². The summed E-state index contributed by atoms with van der Waals surface area (Å²) < 4.78 is 0. The lowest BCUT2D eigenvalue weighted by molar-refractivity contribution is -0.385. The zero-order valence-electron chi connectivity index (χ0n) is 16.1. The summed E-state index contributed by atoms with van der Waals surface area (Å²) in [5.74, 6) is -1.49. The van der Waals surface area contributed by atoms with Crippen molar-refractivity contribution in [1.29, 1.82) is 0 Å². The third-order valence-corrected chi connectivity index (χ3v) is 4.00. The van der Waals surface area contributed by atoms with E-state index in [4.69, 9.17) is 4.84 Å². The summed E-state index contributed by atoms with van der Waals surface area (Å²) in [6, 6.07) is 16.0. The number of nitrogens with zero attached hydrogens (tertiary/aromatic N) is 4. The number of carbonyl (C=O) groups excluding carboxylic acids is 2. The summed E-state index contributed by atoms with van der Waals surface area (Å²) in [6.07, 6.45) is 0. The van der Waals surface area contributed by atoms with Gasteiger partial charge in [-0.05, 0) is 42.5 Å². The van der Waals surface area contributed by atoms with Crippen LogP contribution in [-0.4, -0.2) is 21.7 Å². The molecule has 1 amide bonds. The van der Waals surface area contributed by atoms with Crippen molar-refractivity contribution in [2.75, 3.05) is 5.48 Å². The predicted octanol–water partition coefficient (Wildman–Crippen LogP) is 4.61. The second-order valence-corrected chi connectivity index (χ2v) is 6.16. The first-order chi connectivity index (χ1) is 15.3. The summed E-state index contributed by atoms with van der Waals surface area (Å²) in [7, 11) is 0. The summed E-state index contributed by atoms with van der Waals surface area (Å²) in [5, 5.41) is 28.8. The Kier molecular flexibility index (Phi) is 6.56. The number of nitro groups is 2. The number of benzene rings is 3. The van der Waals surface area contributed by atoms with Gasteiger partial charge in [0.2, 0.25) is 0 Å². The Morgan fingerprint density at radius 2 is 1.47 bits per heavy atom. The minimum absolute atomic E-state index is 0.00174. The molecule has 0 aliphatic rings. The molecule has 0 saturated carbocycles. The first-order valence-electron chi connectivity index (χ1n) is 8.86. The Hall–Kier alpha value is -5.00. The fourth-order valence-electron chi connectivity index (χ4n) is 2.39. The van der Waals surface area contributed by atoms with Crippen molar-refractivity contribution in [2.45, 2.75) is 0 Å². The predicted molar refractivity (Wildman–Crippen MR) is 111 cm³/mol. The third kappa shape index (κ3) is 5.54. The molecular formula is C20H13N5O7. The molecule has 3 rings (SSSR count). The van der Waals surface area contributed by atoms with Crippen LogP contribution in [0.15, 0.2) is 83.0 Å². The molecule has 0 saturated heterocycles. The number of hydrogen-bond acceptors (Lipinski definition) is 9. The molecule has 1 N–H and O–H groups in total. The number of rotatable bonds is 7. The largest absolute Gasteiger partial charge is 0.363 e. The van der Waals surface area contributed by atoms with Crippen molar-refractivity contribution in [3.05, 3.63) is 104 Å². The fourth-order valence-corrected chi connectivity index (χ4v) is 2.39. The molecule has 0 unspecified atom stereocenters. The maximum Gasteiger partial charge on any atom is 0.363 e. The summed E-state index contributed by atoms with van der Waals surface area (Å²) in [6.45, 7) is 0. The Morgan fingerprint density at radius 3 is 2.09 bits per heavy atom. The third-order valence-electron chi connectivity index (χ3n) is 4.00. The van der Waals surface area contributed by atoms with Crippen LogP contribution in [0.3, 0.4) is 0 Å². The Morgan fingerprint density at radius 1 is 0.812 bits per heavy atom. The van der Waals surface area contributed by atoms with Gasteiger partial charge in [-0.25, -0.2) is 10.3 Å². The summed E-state index contributed by atoms with van der Waals surface area (Å²) >= 11 is 0. The number of anilines is 1. The molecule has 0 radical (unpaired) electrons. The maximum atomic E-state index is 12.0. The van der Waals surface area contributed by atoms with E-state index in [9.17, 15) is 29.8 Å². The molecular weight excluding hydrogens is 422 g/mol. The average Bonchev–Trinajstić information content (AvgIpc) is 2.81. The van der Waals surface area contributed by atoms with Crippen LogP contribution in [0.1, 0.15) is 20.7 Å². The highest BCUT2D eigenvalue weighted by Gasteiger charge is 2.13. The fraction of sp³-hybridized carbons (Fsp3) is 0. The Bertz CT molecular complexity index is 1210. The number of amides is 1. The number of hydrogen-bond donors (Lipinski definition) is 1. The Labute approximate surface area is 179 Å². The van der Waals surface area contributed by atoms with Gasteiger partial charge in [-0.15, -0.1) is 10.2 Å². The molecule has 160 valence electrons. The van der Waals surface area contributed by atoms with Gasteiger partial charge in [0, 0.05) is 29.8 Å². The molecule has 0 aliphatic carbocycles. The molecule has 12 heteroatoms. The van der Waals surface area contributed by atoms with E-state index < -0.39 is 21.7 Å². The molecule has 0 fully saturated rings. The summed E-state index contributed by atoms with van der Waals surface area (Å²) in [4.78, 5) is 49.1. The van der Waals surface area contributed by atoms with E-state index in [1.807, 2.05) is 0 Å². The average molecular weight is 435 g/mol. The van der Waals surface area contributed by atoms with E-state index in [-0.39, 0.29) is 22.5 Å². The number of nitrogens with one attached hydrogen (secondary N) is 1. The molecule has 0 aliphatic heterocycles. The van der Waals surface area contributed by atoms with Crippen LogP contribution in [0, 0.1) is 20.2 Å². The van der Waals surface area contributed by atoms with Crippen LogP contribution >= 0.6 is 0 Å². The highest BCUT2D eigenvalue weighted by Crippen LogP contribution is 2.19. The summed E-state index contributed by atoms with van der Waals surface area (Å²) in [5.41, 5.74) is 2.88. The molecule has 12 nitrogen and oxygen atoms in total. The minimum atomic E-state index is -0.814. The number of nitro benzene ring substituents is 2. The van der Waals surface area contributed by atoms with Gasteiger partial charge in [0.05, 0.1) is 26.8 Å². The molecule has 3 aromatic carbocycles. The maximum absolute atomic E-state index is 12.0. The van der Waals surface area contributed by atoms with Crippen molar-refractivity contribution in [1.82, 2.24) is 0 Å². The van der Waals surface area contributed by atoms with E-state index >= 15 is 0 Å². The zero-order chi connectivity index (χ0) is 23.1. The number of azo groups is 1. The molecule has 32 heavy (non-hydrogen) atoms. The minimum Gasteiger partial charge on any atom is -0.338 e. The van der Waals surface area contributed by atoms with Crippen molar-refractivity contribution >= 4 is 34.6 Å². The number of carbonyl (C=O) groups is 2. The lowest BCUT2D eigenvalue weighted by Gasteiger charge is -2.06. The van der Waals surface area contributed by atoms with Gasteiger partial charge >= 0.3 is 5.97 Å². The number of non-ortho nitro benzene ring substituents is 2. The van der Waals surface area contributed by atoms with Gasteiger partial charge in [0.25, 0.3) is 17.3 Å². The SMILES string of the molecule is O=C(N=Nc1ccc(NOC(=O)c2cccc([N+](=O)[O-])c2)cc1)c1ccc([N+](=O)[O-])cc1. The van der Waals surface area contributed by atoms with Crippen LogP contribution in [0.5, 0.6) is 0 Å². The van der Waals surface area contributed by atoms with E-state index in [1.165, 1.54) is 66.7 Å². The van der Waals surface area contributed by atoms with Gasteiger partial charge in [-0.3, -0.25) is 25.0 Å².